The summed E-state index contributed by atoms with van der Waals surface area (Å²) in [5.41, 5.74) is 3.79. The van der Waals surface area contributed by atoms with E-state index in [2.05, 4.69) is 15.7 Å². The molecule has 0 bridgehead atoms. The normalized spacial score (nSPS) is 10.4. The Morgan fingerprint density at radius 1 is 1.00 bits per heavy atom. The fourth-order valence-corrected chi connectivity index (χ4v) is 2.51. The van der Waals surface area contributed by atoms with Crippen molar-refractivity contribution in [2.75, 3.05) is 10.6 Å². The molecule has 2 N–H and O–H groups in total. The quantitative estimate of drug-likeness (QED) is 0.757. The van der Waals surface area contributed by atoms with Gasteiger partial charge >= 0.3 is 6.03 Å². The first kappa shape index (κ1) is 15.8. The maximum Gasteiger partial charge on any atom is 0.324 e. The number of para-hydroxylation sites is 1. The highest BCUT2D eigenvalue weighted by atomic mass is 16.2. The van der Waals surface area contributed by atoms with E-state index in [1.807, 2.05) is 74.5 Å². The van der Waals surface area contributed by atoms with Crippen LogP contribution in [0.2, 0.25) is 0 Å². The molecule has 0 atom stereocenters. The van der Waals surface area contributed by atoms with Crippen LogP contribution in [-0.4, -0.2) is 15.8 Å². The molecule has 0 aliphatic heterocycles. The van der Waals surface area contributed by atoms with Gasteiger partial charge in [0.1, 0.15) is 5.82 Å². The van der Waals surface area contributed by atoms with Crippen molar-refractivity contribution in [1.82, 2.24) is 9.78 Å². The Bertz CT molecular complexity index is 840. The third-order valence-corrected chi connectivity index (χ3v) is 3.71. The van der Waals surface area contributed by atoms with Crippen LogP contribution in [0.5, 0.6) is 0 Å². The van der Waals surface area contributed by atoms with Crippen molar-refractivity contribution in [3.63, 3.8) is 0 Å². The summed E-state index contributed by atoms with van der Waals surface area (Å²) in [5.74, 6) is 0.669. The molecule has 0 saturated carbocycles. The van der Waals surface area contributed by atoms with E-state index in [9.17, 15) is 4.79 Å². The third kappa shape index (κ3) is 3.81. The zero-order valence-electron chi connectivity index (χ0n) is 13.8. The number of hydrogen-bond acceptors (Lipinski definition) is 2. The molecule has 3 aromatic rings. The number of amides is 2. The lowest BCUT2D eigenvalue weighted by Crippen LogP contribution is -2.22. The zero-order chi connectivity index (χ0) is 16.9. The van der Waals surface area contributed by atoms with Crippen molar-refractivity contribution in [2.24, 2.45) is 0 Å². The van der Waals surface area contributed by atoms with Crippen LogP contribution in [0.4, 0.5) is 16.3 Å². The van der Waals surface area contributed by atoms with Gasteiger partial charge in [-0.15, -0.1) is 0 Å². The highest BCUT2D eigenvalue weighted by molar-refractivity contribution is 5.99. The average Bonchev–Trinajstić information content (AvgIpc) is 2.90. The molecule has 2 amide bonds. The minimum atomic E-state index is -0.279. The Morgan fingerprint density at radius 3 is 2.46 bits per heavy atom. The van der Waals surface area contributed by atoms with Gasteiger partial charge in [-0.2, -0.15) is 5.10 Å². The Labute approximate surface area is 141 Å². The van der Waals surface area contributed by atoms with Gasteiger partial charge in [-0.25, -0.2) is 9.48 Å². The fourth-order valence-electron chi connectivity index (χ4n) is 2.51. The second kappa shape index (κ2) is 7.00. The number of nitrogens with one attached hydrogen (secondary N) is 2. The van der Waals surface area contributed by atoms with Crippen LogP contribution in [0, 0.1) is 13.8 Å². The molecule has 0 fully saturated rings. The molecule has 1 heterocycles. The van der Waals surface area contributed by atoms with E-state index in [1.165, 1.54) is 0 Å². The number of carbonyl (C=O) groups excluding carboxylic acids is 1. The number of rotatable bonds is 4. The standard InChI is InChI=1S/C19H20N4O/c1-14-8-6-7-11-17(14)20-19(24)21-18-12-15(2)22-23(18)13-16-9-4-3-5-10-16/h3-12H,13H2,1-2H3,(H2,20,21,24). The average molecular weight is 320 g/mol. The van der Waals surface area contributed by atoms with E-state index >= 15 is 0 Å². The van der Waals surface area contributed by atoms with E-state index < -0.39 is 0 Å². The lowest BCUT2D eigenvalue weighted by molar-refractivity contribution is 0.262. The minimum Gasteiger partial charge on any atom is -0.307 e. The van der Waals surface area contributed by atoms with Crippen LogP contribution in [0.25, 0.3) is 0 Å². The molecule has 2 aromatic carbocycles. The topological polar surface area (TPSA) is 59.0 Å². The summed E-state index contributed by atoms with van der Waals surface area (Å²) in [5, 5.41) is 10.2. The predicted molar refractivity (Wildman–Crippen MR) is 96.3 cm³/mol. The number of nitrogens with zero attached hydrogens (tertiary/aromatic N) is 2. The van der Waals surface area contributed by atoms with E-state index in [-0.39, 0.29) is 6.03 Å². The summed E-state index contributed by atoms with van der Waals surface area (Å²) in [6, 6.07) is 19.3. The lowest BCUT2D eigenvalue weighted by atomic mass is 10.2. The second-order valence-electron chi connectivity index (χ2n) is 5.71. The summed E-state index contributed by atoms with van der Waals surface area (Å²) in [6.07, 6.45) is 0. The summed E-state index contributed by atoms with van der Waals surface area (Å²) in [6.45, 7) is 4.47. The number of carbonyl (C=O) groups is 1. The molecule has 0 unspecified atom stereocenters. The Balaban J connectivity index is 1.73. The zero-order valence-corrected chi connectivity index (χ0v) is 13.8. The van der Waals surface area contributed by atoms with E-state index in [4.69, 9.17) is 0 Å². The van der Waals surface area contributed by atoms with Gasteiger partial charge < -0.3 is 5.32 Å². The molecule has 0 radical (unpaired) electrons. The van der Waals surface area contributed by atoms with Crippen molar-refractivity contribution >= 4 is 17.5 Å². The highest BCUT2D eigenvalue weighted by Gasteiger charge is 2.10. The fraction of sp³-hybridized carbons (Fsp3) is 0.158. The second-order valence-corrected chi connectivity index (χ2v) is 5.71. The Kier molecular flexibility index (Phi) is 4.61. The third-order valence-electron chi connectivity index (χ3n) is 3.71. The summed E-state index contributed by atoms with van der Waals surface area (Å²) >= 11 is 0. The van der Waals surface area contributed by atoms with Gasteiger partial charge in [-0.1, -0.05) is 48.5 Å². The minimum absolute atomic E-state index is 0.279. The monoisotopic (exact) mass is 320 g/mol. The summed E-state index contributed by atoms with van der Waals surface area (Å²) in [7, 11) is 0. The molecule has 0 spiro atoms. The van der Waals surface area contributed by atoms with Crippen LogP contribution in [0.15, 0.2) is 60.7 Å². The number of benzene rings is 2. The molecule has 5 heteroatoms. The lowest BCUT2D eigenvalue weighted by Gasteiger charge is -2.11. The van der Waals surface area contributed by atoms with Gasteiger partial charge in [0, 0.05) is 11.8 Å². The first-order chi connectivity index (χ1) is 11.6. The molecule has 1 aromatic heterocycles. The maximum absolute atomic E-state index is 12.3. The Hall–Kier alpha value is -3.08. The number of urea groups is 1. The van der Waals surface area contributed by atoms with Gasteiger partial charge in [0.25, 0.3) is 0 Å². The molecule has 24 heavy (non-hydrogen) atoms. The number of aryl methyl sites for hydroxylation is 2. The van der Waals surface area contributed by atoms with Crippen LogP contribution < -0.4 is 10.6 Å². The molecular weight excluding hydrogens is 300 g/mol. The predicted octanol–water partition coefficient (Wildman–Crippen LogP) is 4.19. The SMILES string of the molecule is Cc1cc(NC(=O)Nc2ccccc2C)n(Cc2ccccc2)n1. The summed E-state index contributed by atoms with van der Waals surface area (Å²) in [4.78, 5) is 12.3. The molecule has 5 nitrogen and oxygen atoms in total. The molecular formula is C19H20N4O. The van der Waals surface area contributed by atoms with Crippen molar-refractivity contribution in [2.45, 2.75) is 20.4 Å². The smallest absolute Gasteiger partial charge is 0.307 e. The Morgan fingerprint density at radius 2 is 1.71 bits per heavy atom. The van der Waals surface area contributed by atoms with Gasteiger partial charge in [0.2, 0.25) is 0 Å². The van der Waals surface area contributed by atoms with E-state index in [1.54, 1.807) is 4.68 Å². The van der Waals surface area contributed by atoms with Gasteiger partial charge in [0.05, 0.1) is 12.2 Å². The van der Waals surface area contributed by atoms with Crippen LogP contribution in [0.3, 0.4) is 0 Å². The van der Waals surface area contributed by atoms with Gasteiger partial charge in [-0.3, -0.25) is 5.32 Å². The number of anilines is 2. The molecule has 3 rings (SSSR count). The first-order valence-electron chi connectivity index (χ1n) is 7.84. The van der Waals surface area contributed by atoms with Gasteiger partial charge in [-0.05, 0) is 31.0 Å². The van der Waals surface area contributed by atoms with E-state index in [0.29, 0.717) is 12.4 Å². The summed E-state index contributed by atoms with van der Waals surface area (Å²) < 4.78 is 1.79. The van der Waals surface area contributed by atoms with Crippen LogP contribution in [-0.2, 0) is 6.54 Å². The highest BCUT2D eigenvalue weighted by Crippen LogP contribution is 2.16. The molecule has 122 valence electrons. The number of aromatic nitrogens is 2. The molecule has 0 aliphatic carbocycles. The van der Waals surface area contributed by atoms with Crippen LogP contribution >= 0.6 is 0 Å². The van der Waals surface area contributed by atoms with Gasteiger partial charge in [0.15, 0.2) is 0 Å². The molecule has 0 saturated heterocycles. The largest absolute Gasteiger partial charge is 0.324 e. The van der Waals surface area contributed by atoms with Crippen molar-refractivity contribution in [1.29, 1.82) is 0 Å². The van der Waals surface area contributed by atoms with Crippen LogP contribution in [0.1, 0.15) is 16.8 Å². The molecule has 0 aliphatic rings. The van der Waals surface area contributed by atoms with E-state index in [0.717, 1.165) is 22.5 Å². The first-order valence-corrected chi connectivity index (χ1v) is 7.84. The number of hydrogen-bond donors (Lipinski definition) is 2. The van der Waals surface area contributed by atoms with Crippen molar-refractivity contribution in [3.05, 3.63) is 77.5 Å². The van der Waals surface area contributed by atoms with Crippen molar-refractivity contribution in [3.8, 4) is 0 Å². The van der Waals surface area contributed by atoms with Crippen molar-refractivity contribution < 1.29 is 4.79 Å². The maximum atomic E-state index is 12.3.